The molecule has 5 heteroatoms. The van der Waals surface area contributed by atoms with Crippen molar-refractivity contribution in [2.24, 2.45) is 0 Å². The van der Waals surface area contributed by atoms with E-state index >= 15 is 0 Å². The van der Waals surface area contributed by atoms with Gasteiger partial charge < -0.3 is 15.1 Å². The standard InChI is InChI=1S/C15H20ClN3O/c1-17-9-11-2-4-14(13(16)8-11)18-6-7-19-12(10-18)3-5-15(19)20/h2,4,8,12,17H,3,5-7,9-10H2,1H3. The summed E-state index contributed by atoms with van der Waals surface area (Å²) in [4.78, 5) is 16.0. The molecule has 3 rings (SSSR count). The number of hydrogen-bond acceptors (Lipinski definition) is 3. The molecule has 0 aliphatic carbocycles. The molecule has 1 atom stereocenters. The van der Waals surface area contributed by atoms with E-state index in [4.69, 9.17) is 11.6 Å². The summed E-state index contributed by atoms with van der Waals surface area (Å²) in [7, 11) is 1.93. The van der Waals surface area contributed by atoms with Crippen molar-refractivity contribution in [3.63, 3.8) is 0 Å². The van der Waals surface area contributed by atoms with Gasteiger partial charge in [-0.25, -0.2) is 0 Å². The highest BCUT2D eigenvalue weighted by Gasteiger charge is 2.35. The average Bonchev–Trinajstić information content (AvgIpc) is 2.80. The number of anilines is 1. The van der Waals surface area contributed by atoms with Crippen molar-refractivity contribution in [1.82, 2.24) is 10.2 Å². The van der Waals surface area contributed by atoms with Crippen LogP contribution >= 0.6 is 11.6 Å². The van der Waals surface area contributed by atoms with Crippen molar-refractivity contribution >= 4 is 23.2 Å². The summed E-state index contributed by atoms with van der Waals surface area (Å²) in [6.45, 7) is 3.41. The Kier molecular flexibility index (Phi) is 3.85. The second kappa shape index (κ2) is 5.62. The van der Waals surface area contributed by atoms with Crippen LogP contribution in [0.25, 0.3) is 0 Å². The van der Waals surface area contributed by atoms with Gasteiger partial charge in [-0.1, -0.05) is 17.7 Å². The summed E-state index contributed by atoms with van der Waals surface area (Å²) in [5.74, 6) is 0.310. The van der Waals surface area contributed by atoms with E-state index < -0.39 is 0 Å². The lowest BCUT2D eigenvalue weighted by Crippen LogP contribution is -2.51. The zero-order chi connectivity index (χ0) is 14.1. The molecular weight excluding hydrogens is 274 g/mol. The number of benzene rings is 1. The summed E-state index contributed by atoms with van der Waals surface area (Å²) < 4.78 is 0. The molecule has 0 radical (unpaired) electrons. The van der Waals surface area contributed by atoms with Crippen LogP contribution < -0.4 is 10.2 Å². The molecule has 0 saturated carbocycles. The van der Waals surface area contributed by atoms with Gasteiger partial charge in [0.1, 0.15) is 0 Å². The fourth-order valence-electron chi connectivity index (χ4n) is 3.20. The van der Waals surface area contributed by atoms with Gasteiger partial charge in [0.2, 0.25) is 5.91 Å². The number of carbonyl (C=O) groups is 1. The summed E-state index contributed by atoms with van der Waals surface area (Å²) in [5, 5.41) is 3.93. The van der Waals surface area contributed by atoms with E-state index in [1.165, 1.54) is 5.56 Å². The Hall–Kier alpha value is -1.26. The fraction of sp³-hybridized carbons (Fsp3) is 0.533. The number of rotatable bonds is 3. The van der Waals surface area contributed by atoms with Crippen LogP contribution in [0.4, 0.5) is 5.69 Å². The van der Waals surface area contributed by atoms with Gasteiger partial charge in [0.25, 0.3) is 0 Å². The molecule has 108 valence electrons. The van der Waals surface area contributed by atoms with E-state index in [0.29, 0.717) is 18.4 Å². The summed E-state index contributed by atoms with van der Waals surface area (Å²) in [6, 6.07) is 6.61. The molecule has 1 unspecified atom stereocenters. The second-order valence-corrected chi connectivity index (χ2v) is 5.95. The molecule has 1 aromatic carbocycles. The van der Waals surface area contributed by atoms with Crippen LogP contribution in [-0.4, -0.2) is 43.5 Å². The molecule has 2 saturated heterocycles. The summed E-state index contributed by atoms with van der Waals surface area (Å²) in [6.07, 6.45) is 1.68. The van der Waals surface area contributed by atoms with Crippen molar-refractivity contribution in [3.05, 3.63) is 28.8 Å². The minimum atomic E-state index is 0.310. The number of fused-ring (bicyclic) bond motifs is 1. The Balaban J connectivity index is 1.75. The third-order valence-electron chi connectivity index (χ3n) is 4.23. The SMILES string of the molecule is CNCc1ccc(N2CCN3C(=O)CCC3C2)c(Cl)c1. The van der Waals surface area contributed by atoms with E-state index in [9.17, 15) is 4.79 Å². The van der Waals surface area contributed by atoms with Crippen LogP contribution in [0.2, 0.25) is 5.02 Å². The highest BCUT2D eigenvalue weighted by molar-refractivity contribution is 6.33. The fourth-order valence-corrected chi connectivity index (χ4v) is 3.53. The molecule has 2 fully saturated rings. The lowest BCUT2D eigenvalue weighted by Gasteiger charge is -2.39. The van der Waals surface area contributed by atoms with Crippen LogP contribution in [0.5, 0.6) is 0 Å². The summed E-state index contributed by atoms with van der Waals surface area (Å²) in [5.41, 5.74) is 2.28. The van der Waals surface area contributed by atoms with E-state index in [1.54, 1.807) is 0 Å². The lowest BCUT2D eigenvalue weighted by atomic mass is 10.1. The molecule has 4 nitrogen and oxygen atoms in total. The Morgan fingerprint density at radius 1 is 1.40 bits per heavy atom. The number of nitrogens with zero attached hydrogens (tertiary/aromatic N) is 2. The van der Waals surface area contributed by atoms with Gasteiger partial charge in [0.15, 0.2) is 0 Å². The predicted molar refractivity (Wildman–Crippen MR) is 81.2 cm³/mol. The van der Waals surface area contributed by atoms with Gasteiger partial charge in [-0.05, 0) is 31.2 Å². The number of halogens is 1. The van der Waals surface area contributed by atoms with Crippen molar-refractivity contribution in [3.8, 4) is 0 Å². The summed E-state index contributed by atoms with van der Waals surface area (Å²) >= 11 is 6.42. The average molecular weight is 294 g/mol. The van der Waals surface area contributed by atoms with Crippen molar-refractivity contribution in [2.75, 3.05) is 31.6 Å². The molecule has 2 aliphatic rings. The Labute approximate surface area is 124 Å². The molecule has 2 heterocycles. The molecule has 1 aromatic rings. The van der Waals surface area contributed by atoms with Crippen LogP contribution in [0.15, 0.2) is 18.2 Å². The smallest absolute Gasteiger partial charge is 0.223 e. The molecule has 0 bridgehead atoms. The second-order valence-electron chi connectivity index (χ2n) is 5.54. The maximum Gasteiger partial charge on any atom is 0.223 e. The van der Waals surface area contributed by atoms with E-state index in [1.807, 2.05) is 18.0 Å². The molecule has 1 N–H and O–H groups in total. The van der Waals surface area contributed by atoms with E-state index in [2.05, 4.69) is 22.3 Å². The van der Waals surface area contributed by atoms with Gasteiger partial charge in [0, 0.05) is 38.6 Å². The van der Waals surface area contributed by atoms with Crippen LogP contribution in [-0.2, 0) is 11.3 Å². The van der Waals surface area contributed by atoms with Gasteiger partial charge in [-0.2, -0.15) is 0 Å². The largest absolute Gasteiger partial charge is 0.366 e. The van der Waals surface area contributed by atoms with E-state index in [0.717, 1.165) is 43.3 Å². The van der Waals surface area contributed by atoms with Gasteiger partial charge in [0.05, 0.1) is 10.7 Å². The minimum Gasteiger partial charge on any atom is -0.366 e. The number of amides is 1. The van der Waals surface area contributed by atoms with Crippen molar-refractivity contribution in [2.45, 2.75) is 25.4 Å². The first-order valence-corrected chi connectivity index (χ1v) is 7.54. The number of nitrogens with one attached hydrogen (secondary N) is 1. The first-order chi connectivity index (χ1) is 9.69. The molecule has 1 amide bonds. The zero-order valence-corrected chi connectivity index (χ0v) is 12.5. The Morgan fingerprint density at radius 3 is 3.00 bits per heavy atom. The van der Waals surface area contributed by atoms with Crippen LogP contribution in [0.1, 0.15) is 18.4 Å². The normalized spacial score (nSPS) is 22.3. The Bertz CT molecular complexity index is 520. The van der Waals surface area contributed by atoms with Crippen molar-refractivity contribution < 1.29 is 4.79 Å². The topological polar surface area (TPSA) is 35.6 Å². The third kappa shape index (κ3) is 2.50. The number of hydrogen-bond donors (Lipinski definition) is 1. The highest BCUT2D eigenvalue weighted by atomic mass is 35.5. The monoisotopic (exact) mass is 293 g/mol. The molecule has 0 spiro atoms. The predicted octanol–water partition coefficient (Wildman–Crippen LogP) is 1.87. The Morgan fingerprint density at radius 2 is 2.25 bits per heavy atom. The first-order valence-electron chi connectivity index (χ1n) is 7.16. The van der Waals surface area contributed by atoms with Crippen molar-refractivity contribution in [1.29, 1.82) is 0 Å². The van der Waals surface area contributed by atoms with E-state index in [-0.39, 0.29) is 0 Å². The highest BCUT2D eigenvalue weighted by Crippen LogP contribution is 2.31. The maximum absolute atomic E-state index is 11.7. The maximum atomic E-state index is 11.7. The number of carbonyl (C=O) groups excluding carboxylic acids is 1. The van der Waals surface area contributed by atoms with Crippen LogP contribution in [0.3, 0.4) is 0 Å². The molecule has 2 aliphatic heterocycles. The third-order valence-corrected chi connectivity index (χ3v) is 4.53. The lowest BCUT2D eigenvalue weighted by molar-refractivity contribution is -0.129. The molecular formula is C15H20ClN3O. The van der Waals surface area contributed by atoms with Gasteiger partial charge in [-0.3, -0.25) is 4.79 Å². The van der Waals surface area contributed by atoms with Gasteiger partial charge >= 0.3 is 0 Å². The quantitative estimate of drug-likeness (QED) is 0.924. The molecule has 20 heavy (non-hydrogen) atoms. The van der Waals surface area contributed by atoms with Crippen LogP contribution in [0, 0.1) is 0 Å². The first kappa shape index (κ1) is 13.7. The molecule has 0 aromatic heterocycles. The number of piperazine rings is 1. The van der Waals surface area contributed by atoms with Gasteiger partial charge in [-0.15, -0.1) is 0 Å². The minimum absolute atomic E-state index is 0.310. The zero-order valence-electron chi connectivity index (χ0n) is 11.7.